The molecule has 0 amide bonds. The molecule has 0 bridgehead atoms. The monoisotopic (exact) mass is 359 g/mol. The molecule has 1 unspecified atom stereocenters. The molecule has 3 N–H and O–H groups in total. The van der Waals surface area contributed by atoms with Crippen LogP contribution in [0.4, 0.5) is 0 Å². The minimum absolute atomic E-state index is 0.109. The van der Waals surface area contributed by atoms with Crippen LogP contribution in [-0.4, -0.2) is 4.98 Å². The largest absolute Gasteiger partial charge is 0.271 e. The summed E-state index contributed by atoms with van der Waals surface area (Å²) < 4.78 is 0.899. The van der Waals surface area contributed by atoms with Gasteiger partial charge >= 0.3 is 0 Å². The van der Waals surface area contributed by atoms with E-state index in [9.17, 15) is 0 Å². The minimum Gasteiger partial charge on any atom is -0.271 e. The van der Waals surface area contributed by atoms with Crippen molar-refractivity contribution in [1.29, 1.82) is 0 Å². The second-order valence-electron chi connectivity index (χ2n) is 4.06. The van der Waals surface area contributed by atoms with Gasteiger partial charge in [-0.1, -0.05) is 29.3 Å². The molecule has 0 spiro atoms. The summed E-state index contributed by atoms with van der Waals surface area (Å²) >= 11 is 15.7. The van der Waals surface area contributed by atoms with Gasteiger partial charge in [0.1, 0.15) is 0 Å². The van der Waals surface area contributed by atoms with Crippen molar-refractivity contribution in [3.63, 3.8) is 0 Å². The van der Waals surface area contributed by atoms with Gasteiger partial charge in [0.05, 0.1) is 6.04 Å². The summed E-state index contributed by atoms with van der Waals surface area (Å²) in [6.45, 7) is 0. The Bertz CT molecular complexity index is 557. The van der Waals surface area contributed by atoms with Crippen LogP contribution in [0, 0.1) is 0 Å². The van der Waals surface area contributed by atoms with Crippen LogP contribution in [0.15, 0.2) is 41.1 Å². The third kappa shape index (κ3) is 3.68. The van der Waals surface area contributed by atoms with E-state index in [4.69, 9.17) is 29.0 Å². The summed E-state index contributed by atoms with van der Waals surface area (Å²) in [5.74, 6) is 5.62. The number of hydrazine groups is 1. The molecule has 2 rings (SSSR count). The fourth-order valence-corrected chi connectivity index (χ4v) is 2.76. The summed E-state index contributed by atoms with van der Waals surface area (Å²) in [4.78, 5) is 4.13. The highest BCUT2D eigenvalue weighted by atomic mass is 79.9. The lowest BCUT2D eigenvalue weighted by Crippen LogP contribution is -2.29. The van der Waals surface area contributed by atoms with Crippen LogP contribution in [0.5, 0.6) is 0 Å². The maximum atomic E-state index is 6.17. The number of rotatable bonds is 4. The molecule has 6 heteroatoms. The maximum Gasteiger partial charge on any atom is 0.0516 e. The van der Waals surface area contributed by atoms with Crippen molar-refractivity contribution in [3.8, 4) is 0 Å². The van der Waals surface area contributed by atoms with E-state index in [1.54, 1.807) is 12.4 Å². The molecule has 1 aromatic heterocycles. The van der Waals surface area contributed by atoms with Crippen molar-refractivity contribution < 1.29 is 0 Å². The second kappa shape index (κ2) is 6.68. The van der Waals surface area contributed by atoms with Crippen LogP contribution in [0.3, 0.4) is 0 Å². The number of hydrogen-bond acceptors (Lipinski definition) is 3. The molecule has 0 saturated carbocycles. The van der Waals surface area contributed by atoms with Crippen molar-refractivity contribution in [2.45, 2.75) is 12.5 Å². The minimum atomic E-state index is -0.109. The molecule has 0 aliphatic rings. The van der Waals surface area contributed by atoms with E-state index in [1.807, 2.05) is 24.3 Å². The third-order valence-corrected chi connectivity index (χ3v) is 3.94. The highest BCUT2D eigenvalue weighted by Crippen LogP contribution is 2.29. The number of halogens is 3. The smallest absolute Gasteiger partial charge is 0.0516 e. The van der Waals surface area contributed by atoms with E-state index in [2.05, 4.69) is 26.3 Å². The Labute approximate surface area is 130 Å². The Hall–Kier alpha value is -0.650. The topological polar surface area (TPSA) is 50.9 Å². The average molecular weight is 361 g/mol. The van der Waals surface area contributed by atoms with E-state index in [0.717, 1.165) is 15.6 Å². The quantitative estimate of drug-likeness (QED) is 0.642. The van der Waals surface area contributed by atoms with Gasteiger partial charge in [0.15, 0.2) is 0 Å². The van der Waals surface area contributed by atoms with Gasteiger partial charge in [-0.2, -0.15) is 0 Å². The Morgan fingerprint density at radius 3 is 2.53 bits per heavy atom. The maximum absolute atomic E-state index is 6.17. The fraction of sp³-hybridized carbons (Fsp3) is 0.154. The summed E-state index contributed by atoms with van der Waals surface area (Å²) in [6, 6.07) is 7.30. The van der Waals surface area contributed by atoms with Crippen molar-refractivity contribution >= 4 is 39.1 Å². The number of benzene rings is 1. The Kier molecular flexibility index (Phi) is 5.19. The molecule has 0 fully saturated rings. The first-order valence-electron chi connectivity index (χ1n) is 5.61. The van der Waals surface area contributed by atoms with Crippen LogP contribution in [0.1, 0.15) is 17.2 Å². The van der Waals surface area contributed by atoms with Crippen molar-refractivity contribution in [3.05, 3.63) is 62.3 Å². The van der Waals surface area contributed by atoms with Crippen molar-refractivity contribution in [2.75, 3.05) is 0 Å². The lowest BCUT2D eigenvalue weighted by Gasteiger charge is -2.18. The van der Waals surface area contributed by atoms with E-state index in [1.165, 1.54) is 0 Å². The van der Waals surface area contributed by atoms with Crippen molar-refractivity contribution in [2.24, 2.45) is 5.84 Å². The standard InChI is InChI=1S/C13H12BrCl2N3/c14-9-4-8(6-18-7-9)13(19-17)5-10-11(15)2-1-3-12(10)16/h1-4,6-7,13,19H,5,17H2. The number of nitrogens with zero attached hydrogens (tertiary/aromatic N) is 1. The van der Waals surface area contributed by atoms with Crippen LogP contribution in [0.2, 0.25) is 10.0 Å². The molecule has 2 aromatic rings. The predicted molar refractivity (Wildman–Crippen MR) is 82.2 cm³/mol. The highest BCUT2D eigenvalue weighted by Gasteiger charge is 2.15. The highest BCUT2D eigenvalue weighted by molar-refractivity contribution is 9.10. The molecule has 1 aromatic carbocycles. The summed E-state index contributed by atoms with van der Waals surface area (Å²) in [7, 11) is 0. The Morgan fingerprint density at radius 2 is 1.95 bits per heavy atom. The lowest BCUT2D eigenvalue weighted by atomic mass is 10.0. The van der Waals surface area contributed by atoms with Gasteiger partial charge in [-0.3, -0.25) is 16.3 Å². The molecular formula is C13H12BrCl2N3. The fourth-order valence-electron chi connectivity index (χ4n) is 1.82. The zero-order valence-corrected chi connectivity index (χ0v) is 13.0. The number of nitrogens with one attached hydrogen (secondary N) is 1. The van der Waals surface area contributed by atoms with E-state index in [-0.39, 0.29) is 6.04 Å². The molecular weight excluding hydrogens is 349 g/mol. The first-order chi connectivity index (χ1) is 9.11. The Morgan fingerprint density at radius 1 is 1.26 bits per heavy atom. The average Bonchev–Trinajstić information content (AvgIpc) is 2.38. The lowest BCUT2D eigenvalue weighted by molar-refractivity contribution is 0.550. The molecule has 0 aliphatic carbocycles. The first kappa shape index (κ1) is 14.8. The Balaban J connectivity index is 2.29. The molecule has 0 saturated heterocycles. The predicted octanol–water partition coefficient (Wildman–Crippen LogP) is 3.90. The van der Waals surface area contributed by atoms with Gasteiger partial charge in [0.2, 0.25) is 0 Å². The molecule has 100 valence electrons. The summed E-state index contributed by atoms with van der Waals surface area (Å²) in [5.41, 5.74) is 4.61. The van der Waals surface area contributed by atoms with Crippen LogP contribution in [-0.2, 0) is 6.42 Å². The number of hydrogen-bond donors (Lipinski definition) is 2. The zero-order valence-electron chi connectivity index (χ0n) is 9.91. The van der Waals surface area contributed by atoms with Gasteiger partial charge in [0.25, 0.3) is 0 Å². The molecule has 19 heavy (non-hydrogen) atoms. The molecule has 3 nitrogen and oxygen atoms in total. The van der Waals surface area contributed by atoms with E-state index >= 15 is 0 Å². The third-order valence-electron chi connectivity index (χ3n) is 2.80. The van der Waals surface area contributed by atoms with Gasteiger partial charge < -0.3 is 0 Å². The van der Waals surface area contributed by atoms with Crippen molar-refractivity contribution in [1.82, 2.24) is 10.4 Å². The second-order valence-corrected chi connectivity index (χ2v) is 5.79. The molecule has 0 aliphatic heterocycles. The molecule has 1 heterocycles. The number of aromatic nitrogens is 1. The van der Waals surface area contributed by atoms with E-state index in [0.29, 0.717) is 16.5 Å². The summed E-state index contributed by atoms with van der Waals surface area (Å²) in [6.07, 6.45) is 4.08. The molecule has 1 atom stereocenters. The summed E-state index contributed by atoms with van der Waals surface area (Å²) in [5, 5.41) is 1.27. The van der Waals surface area contributed by atoms with Gasteiger partial charge in [-0.05, 0) is 51.7 Å². The normalized spacial score (nSPS) is 12.4. The first-order valence-corrected chi connectivity index (χ1v) is 7.16. The molecule has 0 radical (unpaired) electrons. The SMILES string of the molecule is NNC(Cc1c(Cl)cccc1Cl)c1cncc(Br)c1. The van der Waals surface area contributed by atoms with Crippen LogP contribution in [0.25, 0.3) is 0 Å². The zero-order chi connectivity index (χ0) is 13.8. The number of nitrogens with two attached hydrogens (primary N) is 1. The van der Waals surface area contributed by atoms with Gasteiger partial charge in [0, 0.05) is 26.9 Å². The van der Waals surface area contributed by atoms with Gasteiger partial charge in [-0.25, -0.2) is 0 Å². The van der Waals surface area contributed by atoms with Gasteiger partial charge in [-0.15, -0.1) is 0 Å². The van der Waals surface area contributed by atoms with E-state index < -0.39 is 0 Å². The van der Waals surface area contributed by atoms with Crippen LogP contribution < -0.4 is 11.3 Å². The number of pyridine rings is 1. The van der Waals surface area contributed by atoms with Crippen LogP contribution >= 0.6 is 39.1 Å².